The van der Waals surface area contributed by atoms with Gasteiger partial charge in [-0.2, -0.15) is 0 Å². The van der Waals surface area contributed by atoms with E-state index < -0.39 is 35.5 Å². The van der Waals surface area contributed by atoms with Crippen LogP contribution in [0, 0.1) is 11.6 Å². The lowest BCUT2D eigenvalue weighted by molar-refractivity contribution is 0.0715. The first-order valence-corrected chi connectivity index (χ1v) is 28.3. The quantitative estimate of drug-likeness (QED) is 0.0241. The molecule has 6 rings (SSSR count). The van der Waals surface area contributed by atoms with Crippen LogP contribution >= 0.6 is 0 Å². The molecular weight excluding hydrogens is 971 g/mol. The fourth-order valence-corrected chi connectivity index (χ4v) is 8.72. The first kappa shape index (κ1) is 60.9. The maximum Gasteiger partial charge on any atom is 0.346 e. The van der Waals surface area contributed by atoms with Gasteiger partial charge in [0.2, 0.25) is 0 Å². The molecule has 0 spiro atoms. The lowest BCUT2D eigenvalue weighted by atomic mass is 10.0. The molecule has 77 heavy (non-hydrogen) atoms. The van der Waals surface area contributed by atoms with E-state index in [1.165, 1.54) is 124 Å². The number of rotatable bonds is 31. The van der Waals surface area contributed by atoms with Crippen LogP contribution in [-0.4, -0.2) is 23.9 Å². The average molecular weight is 1050 g/mol. The zero-order valence-electron chi connectivity index (χ0n) is 46.0. The molecule has 0 unspecified atom stereocenters. The van der Waals surface area contributed by atoms with Gasteiger partial charge in [-0.05, 0) is 146 Å². The van der Waals surface area contributed by atoms with Crippen molar-refractivity contribution >= 4 is 23.9 Å². The number of carbonyl (C=O) groups is 4. The summed E-state index contributed by atoms with van der Waals surface area (Å²) >= 11 is 0. The summed E-state index contributed by atoms with van der Waals surface area (Å²) in [5.41, 5.74) is 5.02. The number of halogens is 2. The lowest BCUT2D eigenvalue weighted by Gasteiger charge is -2.09. The Bertz CT molecular complexity index is 2700. The van der Waals surface area contributed by atoms with Gasteiger partial charge in [-0.3, -0.25) is 0 Å². The molecule has 410 valence electrons. The SMILES string of the molecule is CCCCCCCCCCc1ccc(OC(=O)c2ccc(OC(=O)c3ccc(CCCCCCC)cc3)cc2F)cc1.CCCCCc1ccc(OC(=O)c2ccc(OC(=O)c3ccc(CCCCC)cc3)cc2F)cc1. The molecule has 0 aliphatic rings. The maximum atomic E-state index is 14.8. The van der Waals surface area contributed by atoms with Crippen LogP contribution in [0.15, 0.2) is 133 Å². The van der Waals surface area contributed by atoms with E-state index in [9.17, 15) is 28.0 Å². The summed E-state index contributed by atoms with van der Waals surface area (Å²) < 4.78 is 50.7. The van der Waals surface area contributed by atoms with E-state index >= 15 is 0 Å². The molecule has 0 amide bonds. The Hall–Kier alpha value is -6.94. The van der Waals surface area contributed by atoms with E-state index in [1.54, 1.807) is 48.5 Å². The Morgan fingerprint density at radius 1 is 0.299 bits per heavy atom. The molecule has 0 saturated heterocycles. The van der Waals surface area contributed by atoms with Gasteiger partial charge in [0.05, 0.1) is 22.3 Å². The Morgan fingerprint density at radius 2 is 0.545 bits per heavy atom. The van der Waals surface area contributed by atoms with Crippen LogP contribution in [-0.2, 0) is 25.7 Å². The number of esters is 4. The number of hydrogen-bond acceptors (Lipinski definition) is 8. The molecule has 0 radical (unpaired) electrons. The van der Waals surface area contributed by atoms with Gasteiger partial charge in [-0.25, -0.2) is 28.0 Å². The predicted molar refractivity (Wildman–Crippen MR) is 304 cm³/mol. The van der Waals surface area contributed by atoms with Crippen molar-refractivity contribution < 1.29 is 46.9 Å². The summed E-state index contributed by atoms with van der Waals surface area (Å²) in [7, 11) is 0. The van der Waals surface area contributed by atoms with Crippen molar-refractivity contribution in [3.8, 4) is 23.0 Å². The third-order valence-corrected chi connectivity index (χ3v) is 13.4. The summed E-state index contributed by atoms with van der Waals surface area (Å²) in [6, 6.07) is 36.5. The van der Waals surface area contributed by atoms with E-state index in [4.69, 9.17) is 18.9 Å². The summed E-state index contributed by atoms with van der Waals surface area (Å²) in [6.07, 6.45) is 27.1. The zero-order chi connectivity index (χ0) is 55.0. The van der Waals surface area contributed by atoms with E-state index in [1.807, 2.05) is 48.5 Å². The summed E-state index contributed by atoms with van der Waals surface area (Å²) in [5.74, 6) is -3.64. The second-order valence-electron chi connectivity index (χ2n) is 19.8. The molecule has 0 bridgehead atoms. The van der Waals surface area contributed by atoms with E-state index in [0.29, 0.717) is 22.6 Å². The van der Waals surface area contributed by atoms with Crippen LogP contribution in [0.25, 0.3) is 0 Å². The van der Waals surface area contributed by atoms with Crippen LogP contribution in [0.4, 0.5) is 8.78 Å². The molecule has 6 aromatic carbocycles. The standard InChI is InChI=1S/C37H47FO4.C30H33FO4/c1-3-5-7-9-10-11-13-15-17-30-20-24-32(25-21-30)41-37(40)34-27-26-33(28-35(34)38)42-36(39)31-22-18-29(19-23-31)16-14-12-8-6-4-2;1-3-5-7-9-22-11-15-24(16-12-22)29(32)35-26-19-20-27(28(31)21-26)30(33)34-25-17-13-23(14-18-25)10-8-6-4-2/h18-28H,3-17H2,1-2H3;11-21H,3-10H2,1-2H3. The third kappa shape index (κ3) is 22.3. The molecule has 6 aromatic rings. The van der Waals surface area contributed by atoms with Gasteiger partial charge in [0.15, 0.2) is 0 Å². The molecule has 0 fully saturated rings. The first-order chi connectivity index (χ1) is 37.5. The minimum absolute atomic E-state index is 0.0208. The van der Waals surface area contributed by atoms with Crippen molar-refractivity contribution in [3.05, 3.63) is 190 Å². The Labute approximate surface area is 456 Å². The fraction of sp³-hybridized carbons (Fsp3) is 0.403. The van der Waals surface area contributed by atoms with Gasteiger partial charge in [0.25, 0.3) is 0 Å². The van der Waals surface area contributed by atoms with Crippen molar-refractivity contribution in [2.45, 2.75) is 175 Å². The van der Waals surface area contributed by atoms with Crippen LogP contribution in [0.2, 0.25) is 0 Å². The summed E-state index contributed by atoms with van der Waals surface area (Å²) in [5, 5.41) is 0. The molecule has 10 heteroatoms. The highest BCUT2D eigenvalue weighted by molar-refractivity contribution is 5.94. The van der Waals surface area contributed by atoms with Gasteiger partial charge in [-0.1, -0.05) is 173 Å². The Morgan fingerprint density at radius 3 is 0.857 bits per heavy atom. The monoisotopic (exact) mass is 1050 g/mol. The van der Waals surface area contributed by atoms with E-state index in [0.717, 1.165) is 81.9 Å². The van der Waals surface area contributed by atoms with Crippen LogP contribution < -0.4 is 18.9 Å². The van der Waals surface area contributed by atoms with E-state index in [2.05, 4.69) is 27.7 Å². The van der Waals surface area contributed by atoms with Crippen LogP contribution in [0.3, 0.4) is 0 Å². The first-order valence-electron chi connectivity index (χ1n) is 28.3. The minimum Gasteiger partial charge on any atom is -0.423 e. The number of ether oxygens (including phenoxy) is 4. The minimum atomic E-state index is -0.817. The molecule has 0 aliphatic carbocycles. The number of unbranched alkanes of at least 4 members (excludes halogenated alkanes) is 15. The average Bonchev–Trinajstić information content (AvgIpc) is 3.43. The summed E-state index contributed by atoms with van der Waals surface area (Å²) in [4.78, 5) is 50.0. The second kappa shape index (κ2) is 34.7. The van der Waals surface area contributed by atoms with Crippen LogP contribution in [0.1, 0.15) is 213 Å². The fourth-order valence-electron chi connectivity index (χ4n) is 8.72. The normalized spacial score (nSPS) is 10.8. The highest BCUT2D eigenvalue weighted by Crippen LogP contribution is 2.24. The topological polar surface area (TPSA) is 105 Å². The van der Waals surface area contributed by atoms with Crippen molar-refractivity contribution in [1.82, 2.24) is 0 Å². The van der Waals surface area contributed by atoms with E-state index in [-0.39, 0.29) is 22.6 Å². The van der Waals surface area contributed by atoms with Crippen molar-refractivity contribution in [2.75, 3.05) is 0 Å². The van der Waals surface area contributed by atoms with Crippen LogP contribution in [0.5, 0.6) is 23.0 Å². The van der Waals surface area contributed by atoms with Gasteiger partial charge in [-0.15, -0.1) is 0 Å². The highest BCUT2D eigenvalue weighted by Gasteiger charge is 2.19. The van der Waals surface area contributed by atoms with Gasteiger partial charge in [0, 0.05) is 12.1 Å². The van der Waals surface area contributed by atoms with Crippen molar-refractivity contribution in [1.29, 1.82) is 0 Å². The largest absolute Gasteiger partial charge is 0.423 e. The Kier molecular flexibility index (Phi) is 27.4. The number of benzene rings is 6. The Balaban J connectivity index is 0.000000289. The molecule has 8 nitrogen and oxygen atoms in total. The molecule has 0 aliphatic heterocycles. The number of hydrogen-bond donors (Lipinski definition) is 0. The lowest BCUT2D eigenvalue weighted by Crippen LogP contribution is -2.12. The number of aryl methyl sites for hydroxylation is 4. The second-order valence-corrected chi connectivity index (χ2v) is 19.8. The zero-order valence-corrected chi connectivity index (χ0v) is 46.0. The van der Waals surface area contributed by atoms with Gasteiger partial charge >= 0.3 is 23.9 Å². The molecular formula is C67H80F2O8. The summed E-state index contributed by atoms with van der Waals surface area (Å²) in [6.45, 7) is 8.75. The van der Waals surface area contributed by atoms with Gasteiger partial charge in [0.1, 0.15) is 34.6 Å². The molecule has 0 heterocycles. The van der Waals surface area contributed by atoms with Crippen molar-refractivity contribution in [2.24, 2.45) is 0 Å². The molecule has 0 N–H and O–H groups in total. The highest BCUT2D eigenvalue weighted by atomic mass is 19.1. The molecule has 0 saturated carbocycles. The predicted octanol–water partition coefficient (Wildman–Crippen LogP) is 18.2. The molecule has 0 atom stereocenters. The van der Waals surface area contributed by atoms with Gasteiger partial charge < -0.3 is 18.9 Å². The third-order valence-electron chi connectivity index (χ3n) is 13.4. The maximum absolute atomic E-state index is 14.8. The van der Waals surface area contributed by atoms with Crippen molar-refractivity contribution in [3.63, 3.8) is 0 Å². The number of carbonyl (C=O) groups excluding carboxylic acids is 4. The smallest absolute Gasteiger partial charge is 0.346 e. The molecule has 0 aromatic heterocycles.